The molecule has 0 unspecified atom stereocenters. The summed E-state index contributed by atoms with van der Waals surface area (Å²) in [5.74, 6) is 1.38. The van der Waals surface area contributed by atoms with E-state index in [0.717, 1.165) is 12.8 Å². The lowest BCUT2D eigenvalue weighted by Crippen LogP contribution is -2.19. The molecule has 0 N–H and O–H groups in total. The van der Waals surface area contributed by atoms with Crippen molar-refractivity contribution in [2.45, 2.75) is 52.2 Å². The molecule has 0 aromatic rings. The largest absolute Gasteiger partial charge is 0.298 e. The Morgan fingerprint density at radius 3 is 2.00 bits per heavy atom. The van der Waals surface area contributed by atoms with Gasteiger partial charge in [0.25, 0.3) is 0 Å². The average Bonchev–Trinajstić information content (AvgIpc) is 2.02. The molecule has 0 rings (SSSR count). The SMILES string of the molecule is CCC(CC)C(=O)CSC(C)(C)C. The number of carbonyl (C=O) groups is 1. The van der Waals surface area contributed by atoms with Crippen molar-refractivity contribution in [3.63, 3.8) is 0 Å². The minimum Gasteiger partial charge on any atom is -0.298 e. The summed E-state index contributed by atoms with van der Waals surface area (Å²) in [6.45, 7) is 10.6. The second-order valence-corrected chi connectivity index (χ2v) is 6.18. The number of rotatable bonds is 5. The van der Waals surface area contributed by atoms with Gasteiger partial charge < -0.3 is 0 Å². The molecule has 0 aliphatic carbocycles. The number of thioether (sulfide) groups is 1. The summed E-state index contributed by atoms with van der Waals surface area (Å²) in [6, 6.07) is 0. The zero-order valence-corrected chi connectivity index (χ0v) is 10.3. The fourth-order valence-electron chi connectivity index (χ4n) is 1.15. The highest BCUT2D eigenvalue weighted by Crippen LogP contribution is 2.24. The van der Waals surface area contributed by atoms with Crippen LogP contribution < -0.4 is 0 Å². The van der Waals surface area contributed by atoms with E-state index >= 15 is 0 Å². The zero-order valence-electron chi connectivity index (χ0n) is 9.52. The first-order valence-electron chi connectivity index (χ1n) is 5.07. The lowest BCUT2D eigenvalue weighted by Gasteiger charge is -2.18. The van der Waals surface area contributed by atoms with Crippen molar-refractivity contribution in [1.29, 1.82) is 0 Å². The molecule has 2 heteroatoms. The van der Waals surface area contributed by atoms with Gasteiger partial charge in [-0.05, 0) is 12.8 Å². The summed E-state index contributed by atoms with van der Waals surface area (Å²) >= 11 is 1.75. The van der Waals surface area contributed by atoms with Crippen molar-refractivity contribution in [2.24, 2.45) is 5.92 Å². The summed E-state index contributed by atoms with van der Waals surface area (Å²) in [5.41, 5.74) is 0. The molecule has 0 saturated heterocycles. The summed E-state index contributed by atoms with van der Waals surface area (Å²) < 4.78 is 0.210. The molecule has 78 valence electrons. The minimum atomic E-state index is 0.210. The summed E-state index contributed by atoms with van der Waals surface area (Å²) in [7, 11) is 0. The summed E-state index contributed by atoms with van der Waals surface area (Å²) in [6.07, 6.45) is 1.97. The predicted molar refractivity (Wildman–Crippen MR) is 61.3 cm³/mol. The molecular weight excluding hydrogens is 180 g/mol. The van der Waals surface area contributed by atoms with Crippen LogP contribution in [0.4, 0.5) is 0 Å². The topological polar surface area (TPSA) is 17.1 Å². The molecule has 0 aromatic carbocycles. The van der Waals surface area contributed by atoms with Crippen LogP contribution in [0.25, 0.3) is 0 Å². The summed E-state index contributed by atoms with van der Waals surface area (Å²) in [5, 5.41) is 0. The fourth-order valence-corrected chi connectivity index (χ4v) is 1.96. The molecule has 0 aromatic heterocycles. The van der Waals surface area contributed by atoms with Gasteiger partial charge in [0.15, 0.2) is 0 Å². The maximum absolute atomic E-state index is 11.6. The number of hydrogen-bond donors (Lipinski definition) is 0. The van der Waals surface area contributed by atoms with E-state index in [2.05, 4.69) is 34.6 Å². The lowest BCUT2D eigenvalue weighted by molar-refractivity contribution is -0.120. The monoisotopic (exact) mass is 202 g/mol. The van der Waals surface area contributed by atoms with Crippen molar-refractivity contribution < 1.29 is 4.79 Å². The highest BCUT2D eigenvalue weighted by Gasteiger charge is 2.18. The Hall–Kier alpha value is 0.0200. The lowest BCUT2D eigenvalue weighted by atomic mass is 10.00. The standard InChI is InChI=1S/C11H22OS/c1-6-9(7-2)10(12)8-13-11(3,4)5/h9H,6-8H2,1-5H3. The normalized spacial score (nSPS) is 12.2. The quantitative estimate of drug-likeness (QED) is 0.678. The third-order valence-corrected chi connectivity index (χ3v) is 3.38. The molecule has 0 aliphatic rings. The second-order valence-electron chi connectivity index (χ2n) is 4.38. The number of hydrogen-bond acceptors (Lipinski definition) is 2. The van der Waals surface area contributed by atoms with Gasteiger partial charge in [0.05, 0.1) is 5.75 Å². The van der Waals surface area contributed by atoms with E-state index in [1.165, 1.54) is 0 Å². The third kappa shape index (κ3) is 6.14. The van der Waals surface area contributed by atoms with Crippen molar-refractivity contribution in [2.75, 3.05) is 5.75 Å². The fraction of sp³-hybridized carbons (Fsp3) is 0.909. The van der Waals surface area contributed by atoms with Gasteiger partial charge in [-0.3, -0.25) is 4.79 Å². The molecule has 0 aliphatic heterocycles. The highest BCUT2D eigenvalue weighted by molar-refractivity contribution is 8.01. The van der Waals surface area contributed by atoms with Crippen LogP contribution in [0.15, 0.2) is 0 Å². The Morgan fingerprint density at radius 1 is 1.23 bits per heavy atom. The Bertz CT molecular complexity index is 154. The van der Waals surface area contributed by atoms with Crippen LogP contribution in [0.1, 0.15) is 47.5 Å². The molecule has 0 saturated carbocycles. The van der Waals surface area contributed by atoms with Gasteiger partial charge in [0, 0.05) is 10.7 Å². The van der Waals surface area contributed by atoms with Crippen molar-refractivity contribution in [3.05, 3.63) is 0 Å². The van der Waals surface area contributed by atoms with E-state index in [1.807, 2.05) is 0 Å². The first kappa shape index (κ1) is 13.0. The maximum Gasteiger partial charge on any atom is 0.145 e. The Kier molecular flexibility index (Phi) is 5.70. The average molecular weight is 202 g/mol. The molecule has 0 atom stereocenters. The molecule has 0 radical (unpaired) electrons. The van der Waals surface area contributed by atoms with Gasteiger partial charge in [0.1, 0.15) is 5.78 Å². The smallest absolute Gasteiger partial charge is 0.145 e. The van der Waals surface area contributed by atoms with Gasteiger partial charge in [-0.2, -0.15) is 0 Å². The molecule has 0 amide bonds. The number of Topliss-reactive ketones (excluding diaryl/α,β-unsaturated/α-hetero) is 1. The Labute approximate surface area is 86.7 Å². The number of ketones is 1. The van der Waals surface area contributed by atoms with Crippen molar-refractivity contribution in [1.82, 2.24) is 0 Å². The Balaban J connectivity index is 3.86. The van der Waals surface area contributed by atoms with E-state index in [9.17, 15) is 4.79 Å². The maximum atomic E-state index is 11.6. The van der Waals surface area contributed by atoms with Crippen molar-refractivity contribution in [3.8, 4) is 0 Å². The van der Waals surface area contributed by atoms with E-state index in [-0.39, 0.29) is 10.7 Å². The molecule has 13 heavy (non-hydrogen) atoms. The van der Waals surface area contributed by atoms with E-state index in [0.29, 0.717) is 11.5 Å². The van der Waals surface area contributed by atoms with Crippen LogP contribution in [0.2, 0.25) is 0 Å². The van der Waals surface area contributed by atoms with Gasteiger partial charge in [-0.1, -0.05) is 34.6 Å². The van der Waals surface area contributed by atoms with E-state index in [4.69, 9.17) is 0 Å². The molecule has 0 heterocycles. The van der Waals surface area contributed by atoms with Crippen LogP contribution in [-0.2, 0) is 4.79 Å². The third-order valence-electron chi connectivity index (χ3n) is 2.09. The first-order chi connectivity index (χ1) is 5.90. The molecular formula is C11H22OS. The zero-order chi connectivity index (χ0) is 10.5. The van der Waals surface area contributed by atoms with Crippen LogP contribution in [0, 0.1) is 5.92 Å². The van der Waals surface area contributed by atoms with Crippen LogP contribution >= 0.6 is 11.8 Å². The number of carbonyl (C=O) groups excluding carboxylic acids is 1. The van der Waals surface area contributed by atoms with Crippen LogP contribution in [-0.4, -0.2) is 16.3 Å². The molecule has 0 fully saturated rings. The second kappa shape index (κ2) is 5.69. The Morgan fingerprint density at radius 2 is 1.69 bits per heavy atom. The highest BCUT2D eigenvalue weighted by atomic mass is 32.2. The van der Waals surface area contributed by atoms with E-state index < -0.39 is 0 Å². The van der Waals surface area contributed by atoms with Crippen molar-refractivity contribution >= 4 is 17.5 Å². The first-order valence-corrected chi connectivity index (χ1v) is 6.06. The minimum absolute atomic E-state index is 0.210. The van der Waals surface area contributed by atoms with Gasteiger partial charge in [-0.15, -0.1) is 11.8 Å². The van der Waals surface area contributed by atoms with Gasteiger partial charge in [0.2, 0.25) is 0 Å². The van der Waals surface area contributed by atoms with Gasteiger partial charge >= 0.3 is 0 Å². The molecule has 0 bridgehead atoms. The molecule has 0 spiro atoms. The summed E-state index contributed by atoms with van der Waals surface area (Å²) in [4.78, 5) is 11.6. The van der Waals surface area contributed by atoms with Crippen LogP contribution in [0.3, 0.4) is 0 Å². The van der Waals surface area contributed by atoms with Crippen LogP contribution in [0.5, 0.6) is 0 Å². The predicted octanol–water partition coefficient (Wildman–Crippen LogP) is 3.52. The van der Waals surface area contributed by atoms with E-state index in [1.54, 1.807) is 11.8 Å². The van der Waals surface area contributed by atoms with Gasteiger partial charge in [-0.25, -0.2) is 0 Å². The molecule has 1 nitrogen and oxygen atoms in total.